The minimum absolute atomic E-state index is 0.614. The maximum atomic E-state index is 5.44. The zero-order valence-electron chi connectivity index (χ0n) is 16.1. The van der Waals surface area contributed by atoms with Crippen molar-refractivity contribution in [1.29, 1.82) is 0 Å². The first-order valence-corrected chi connectivity index (χ1v) is 9.46. The number of benzene rings is 2. The quantitative estimate of drug-likeness (QED) is 0.754. The van der Waals surface area contributed by atoms with Crippen LogP contribution in [0.15, 0.2) is 48.5 Å². The van der Waals surface area contributed by atoms with Crippen molar-refractivity contribution >= 4 is 5.69 Å². The molecule has 0 bridgehead atoms. The van der Waals surface area contributed by atoms with Crippen molar-refractivity contribution in [3.63, 3.8) is 0 Å². The van der Waals surface area contributed by atoms with Gasteiger partial charge < -0.3 is 14.4 Å². The Labute approximate surface area is 157 Å². The molecule has 1 atom stereocenters. The molecule has 2 aromatic carbocycles. The molecule has 3 rings (SSSR count). The molecular formula is C22H30N2O2. The monoisotopic (exact) mass is 354 g/mol. The first-order chi connectivity index (χ1) is 12.7. The van der Waals surface area contributed by atoms with E-state index in [9.17, 15) is 0 Å². The van der Waals surface area contributed by atoms with E-state index in [1.165, 1.54) is 17.7 Å². The lowest BCUT2D eigenvalue weighted by Crippen LogP contribution is -2.49. The fraction of sp³-hybridized carbons (Fsp3) is 0.455. The van der Waals surface area contributed by atoms with E-state index >= 15 is 0 Å². The van der Waals surface area contributed by atoms with Crippen molar-refractivity contribution in [3.8, 4) is 11.5 Å². The van der Waals surface area contributed by atoms with Gasteiger partial charge in [-0.2, -0.15) is 0 Å². The van der Waals surface area contributed by atoms with Crippen molar-refractivity contribution in [2.24, 2.45) is 0 Å². The van der Waals surface area contributed by atoms with E-state index in [0.29, 0.717) is 6.04 Å². The summed E-state index contributed by atoms with van der Waals surface area (Å²) in [6, 6.07) is 17.6. The molecule has 1 unspecified atom stereocenters. The summed E-state index contributed by atoms with van der Waals surface area (Å²) in [6.07, 6.45) is 2.36. The summed E-state index contributed by atoms with van der Waals surface area (Å²) in [4.78, 5) is 5.04. The minimum atomic E-state index is 0.614. The van der Waals surface area contributed by atoms with Gasteiger partial charge in [-0.3, -0.25) is 4.90 Å². The second-order valence-corrected chi connectivity index (χ2v) is 6.94. The van der Waals surface area contributed by atoms with Crippen LogP contribution in [-0.4, -0.2) is 51.3 Å². The smallest absolute Gasteiger partial charge is 0.162 e. The van der Waals surface area contributed by atoms with Crippen LogP contribution >= 0.6 is 0 Å². The Balaban J connectivity index is 1.52. The zero-order valence-corrected chi connectivity index (χ0v) is 16.1. The van der Waals surface area contributed by atoms with Crippen LogP contribution in [0, 0.1) is 0 Å². The number of anilines is 1. The second-order valence-electron chi connectivity index (χ2n) is 6.94. The third kappa shape index (κ3) is 4.50. The van der Waals surface area contributed by atoms with E-state index in [4.69, 9.17) is 9.47 Å². The molecule has 2 aromatic rings. The molecule has 0 amide bonds. The standard InChI is InChI=1S/C22H30N2O2/c1-18(9-10-19-7-5-4-6-8-19)23-13-15-24(16-14-23)20-11-12-21(25-2)22(17-20)26-3/h4-8,11-12,17-18H,9-10,13-16H2,1-3H3. The topological polar surface area (TPSA) is 24.9 Å². The predicted octanol–water partition coefficient (Wildman–Crippen LogP) is 3.85. The number of aryl methyl sites for hydroxylation is 1. The van der Waals surface area contributed by atoms with Gasteiger partial charge in [0, 0.05) is 44.0 Å². The molecule has 0 aliphatic carbocycles. The number of ether oxygens (including phenoxy) is 2. The van der Waals surface area contributed by atoms with Gasteiger partial charge in [-0.05, 0) is 37.5 Å². The summed E-state index contributed by atoms with van der Waals surface area (Å²) in [5.74, 6) is 1.58. The molecule has 0 N–H and O–H groups in total. The normalized spacial score (nSPS) is 16.3. The lowest BCUT2D eigenvalue weighted by Gasteiger charge is -2.39. The van der Waals surface area contributed by atoms with Gasteiger partial charge >= 0.3 is 0 Å². The molecule has 140 valence electrons. The van der Waals surface area contributed by atoms with E-state index in [-0.39, 0.29) is 0 Å². The summed E-state index contributed by atoms with van der Waals surface area (Å²) >= 11 is 0. The Morgan fingerprint density at radius 2 is 1.58 bits per heavy atom. The van der Waals surface area contributed by atoms with Crippen LogP contribution in [0.1, 0.15) is 18.9 Å². The van der Waals surface area contributed by atoms with Gasteiger partial charge in [0.1, 0.15) is 0 Å². The Kier molecular flexibility index (Phi) is 6.40. The molecule has 0 radical (unpaired) electrons. The van der Waals surface area contributed by atoms with E-state index < -0.39 is 0 Å². The molecule has 4 nitrogen and oxygen atoms in total. The van der Waals surface area contributed by atoms with Gasteiger partial charge in [-0.15, -0.1) is 0 Å². The Hall–Kier alpha value is -2.20. The molecule has 1 heterocycles. The van der Waals surface area contributed by atoms with Crippen LogP contribution in [0.25, 0.3) is 0 Å². The van der Waals surface area contributed by atoms with Gasteiger partial charge in [-0.25, -0.2) is 0 Å². The highest BCUT2D eigenvalue weighted by Crippen LogP contribution is 2.32. The van der Waals surface area contributed by atoms with Gasteiger partial charge in [0.2, 0.25) is 0 Å². The fourth-order valence-corrected chi connectivity index (χ4v) is 3.65. The molecule has 4 heteroatoms. The fourth-order valence-electron chi connectivity index (χ4n) is 3.65. The minimum Gasteiger partial charge on any atom is -0.493 e. The predicted molar refractivity (Wildman–Crippen MR) is 108 cm³/mol. The Bertz CT molecular complexity index is 682. The molecule has 0 spiro atoms. The van der Waals surface area contributed by atoms with Crippen LogP contribution in [0.2, 0.25) is 0 Å². The van der Waals surface area contributed by atoms with Crippen LogP contribution < -0.4 is 14.4 Å². The summed E-state index contributed by atoms with van der Waals surface area (Å²) < 4.78 is 10.8. The molecule has 0 saturated carbocycles. The van der Waals surface area contributed by atoms with Crippen LogP contribution in [0.5, 0.6) is 11.5 Å². The highest BCUT2D eigenvalue weighted by atomic mass is 16.5. The van der Waals surface area contributed by atoms with Gasteiger partial charge in [0.05, 0.1) is 14.2 Å². The second kappa shape index (κ2) is 8.95. The van der Waals surface area contributed by atoms with Crippen molar-refractivity contribution < 1.29 is 9.47 Å². The first kappa shape index (κ1) is 18.6. The maximum Gasteiger partial charge on any atom is 0.162 e. The Morgan fingerprint density at radius 1 is 0.885 bits per heavy atom. The summed E-state index contributed by atoms with van der Waals surface area (Å²) in [6.45, 7) is 6.65. The van der Waals surface area contributed by atoms with Crippen molar-refractivity contribution in [2.45, 2.75) is 25.8 Å². The van der Waals surface area contributed by atoms with E-state index in [2.05, 4.69) is 59.2 Å². The van der Waals surface area contributed by atoms with Crippen molar-refractivity contribution in [3.05, 3.63) is 54.1 Å². The highest BCUT2D eigenvalue weighted by molar-refractivity contribution is 5.56. The number of piperazine rings is 1. The van der Waals surface area contributed by atoms with E-state index in [1.807, 2.05) is 6.07 Å². The first-order valence-electron chi connectivity index (χ1n) is 9.46. The van der Waals surface area contributed by atoms with E-state index in [0.717, 1.165) is 44.1 Å². The van der Waals surface area contributed by atoms with Crippen LogP contribution in [-0.2, 0) is 6.42 Å². The molecule has 1 fully saturated rings. The van der Waals surface area contributed by atoms with Crippen LogP contribution in [0.3, 0.4) is 0 Å². The lowest BCUT2D eigenvalue weighted by molar-refractivity contribution is 0.188. The van der Waals surface area contributed by atoms with Gasteiger partial charge in [-0.1, -0.05) is 30.3 Å². The number of methoxy groups -OCH3 is 2. The maximum absolute atomic E-state index is 5.44. The average molecular weight is 354 g/mol. The lowest BCUT2D eigenvalue weighted by atomic mass is 10.0. The third-order valence-electron chi connectivity index (χ3n) is 5.36. The Morgan fingerprint density at radius 3 is 2.23 bits per heavy atom. The molecule has 0 aromatic heterocycles. The third-order valence-corrected chi connectivity index (χ3v) is 5.36. The molecule has 26 heavy (non-hydrogen) atoms. The number of hydrogen-bond donors (Lipinski definition) is 0. The van der Waals surface area contributed by atoms with Crippen molar-refractivity contribution in [1.82, 2.24) is 4.90 Å². The molecular weight excluding hydrogens is 324 g/mol. The number of nitrogens with zero attached hydrogens (tertiary/aromatic N) is 2. The molecule has 1 saturated heterocycles. The number of hydrogen-bond acceptors (Lipinski definition) is 4. The molecule has 1 aliphatic heterocycles. The number of rotatable bonds is 7. The summed E-state index contributed by atoms with van der Waals surface area (Å²) in [7, 11) is 3.36. The van der Waals surface area contributed by atoms with Crippen LogP contribution in [0.4, 0.5) is 5.69 Å². The SMILES string of the molecule is COc1ccc(N2CCN(C(C)CCc3ccccc3)CC2)cc1OC. The highest BCUT2D eigenvalue weighted by Gasteiger charge is 2.21. The zero-order chi connectivity index (χ0) is 18.4. The summed E-state index contributed by atoms with van der Waals surface area (Å²) in [5.41, 5.74) is 2.64. The van der Waals surface area contributed by atoms with Gasteiger partial charge in [0.25, 0.3) is 0 Å². The van der Waals surface area contributed by atoms with Crippen molar-refractivity contribution in [2.75, 3.05) is 45.3 Å². The largest absolute Gasteiger partial charge is 0.493 e. The summed E-state index contributed by atoms with van der Waals surface area (Å²) in [5, 5.41) is 0. The average Bonchev–Trinajstić information content (AvgIpc) is 2.72. The van der Waals surface area contributed by atoms with E-state index in [1.54, 1.807) is 14.2 Å². The van der Waals surface area contributed by atoms with Gasteiger partial charge in [0.15, 0.2) is 11.5 Å². The molecule has 1 aliphatic rings.